The molecule has 1 aromatic heterocycles. The molecule has 1 amide bonds. The van der Waals surface area contributed by atoms with Crippen molar-refractivity contribution in [3.8, 4) is 0 Å². The van der Waals surface area contributed by atoms with E-state index >= 15 is 0 Å². The molecule has 0 aliphatic carbocycles. The van der Waals surface area contributed by atoms with E-state index in [2.05, 4.69) is 20.6 Å². The molecule has 1 unspecified atom stereocenters. The summed E-state index contributed by atoms with van der Waals surface area (Å²) in [5.74, 6) is -0.240. The second-order valence-corrected chi connectivity index (χ2v) is 6.11. The number of carbonyl (C=O) groups excluding carboxylic acids is 1. The van der Waals surface area contributed by atoms with Crippen molar-refractivity contribution in [2.75, 3.05) is 11.5 Å². The second kappa shape index (κ2) is 4.85. The highest BCUT2D eigenvalue weighted by Gasteiger charge is 2.51. The summed E-state index contributed by atoms with van der Waals surface area (Å²) < 4.78 is 0. The highest BCUT2D eigenvalue weighted by atomic mass is 32.2. The van der Waals surface area contributed by atoms with E-state index in [-0.39, 0.29) is 22.9 Å². The third-order valence-corrected chi connectivity index (χ3v) is 5.11. The summed E-state index contributed by atoms with van der Waals surface area (Å²) in [4.78, 5) is 24.4. The maximum Gasteiger partial charge on any atom is 0.352 e. The van der Waals surface area contributed by atoms with Crippen LogP contribution in [0.15, 0.2) is 16.9 Å². The quantitative estimate of drug-likeness (QED) is 0.580. The number of aliphatic carboxylic acids is 1. The summed E-state index contributed by atoms with van der Waals surface area (Å²) in [6, 6.07) is 0. The van der Waals surface area contributed by atoms with Crippen molar-refractivity contribution in [3.63, 3.8) is 0 Å². The van der Waals surface area contributed by atoms with Crippen LogP contribution in [-0.2, 0) is 9.59 Å². The molecule has 2 atom stereocenters. The van der Waals surface area contributed by atoms with Crippen molar-refractivity contribution >= 4 is 35.4 Å². The number of carboxylic acid groups (broad SMARTS) is 1. The molecule has 19 heavy (non-hydrogen) atoms. The number of amides is 1. The van der Waals surface area contributed by atoms with Gasteiger partial charge in [-0.3, -0.25) is 9.69 Å². The van der Waals surface area contributed by atoms with Crippen LogP contribution in [0.1, 0.15) is 0 Å². The Hall–Kier alpha value is -1.55. The first kappa shape index (κ1) is 12.5. The number of β-lactam (4-membered cyclic amide) rings is 1. The molecule has 2 N–H and O–H groups in total. The maximum absolute atomic E-state index is 12.0. The standard InChI is InChI=1S/C9H9N5O3S2/c15-6-4(3-19-9-10-12-13-11-9)7-14(6)5(8(16)17)1-2-18-7/h1,4,7H,2-3H2,(H,16,17)(H,10,11,12,13)/t4?,7-/m0/s1. The van der Waals surface area contributed by atoms with Crippen molar-refractivity contribution in [3.05, 3.63) is 11.8 Å². The van der Waals surface area contributed by atoms with Crippen molar-refractivity contribution < 1.29 is 14.7 Å². The van der Waals surface area contributed by atoms with E-state index in [4.69, 9.17) is 5.11 Å². The summed E-state index contributed by atoms with van der Waals surface area (Å²) in [7, 11) is 0. The van der Waals surface area contributed by atoms with Crippen molar-refractivity contribution in [2.45, 2.75) is 10.5 Å². The number of aromatic amines is 1. The molecular weight excluding hydrogens is 290 g/mol. The number of fused-ring (bicyclic) bond motifs is 1. The molecule has 0 bridgehead atoms. The van der Waals surface area contributed by atoms with Gasteiger partial charge < -0.3 is 5.11 Å². The van der Waals surface area contributed by atoms with Crippen LogP contribution in [0.3, 0.4) is 0 Å². The molecular formula is C9H9N5O3S2. The summed E-state index contributed by atoms with van der Waals surface area (Å²) in [6.45, 7) is 0. The van der Waals surface area contributed by atoms with Crippen LogP contribution < -0.4 is 0 Å². The topological polar surface area (TPSA) is 112 Å². The molecule has 2 aliphatic heterocycles. The van der Waals surface area contributed by atoms with Crippen molar-refractivity contribution in [1.29, 1.82) is 0 Å². The zero-order chi connectivity index (χ0) is 13.4. The van der Waals surface area contributed by atoms with E-state index in [9.17, 15) is 9.59 Å². The minimum absolute atomic E-state index is 0.0908. The van der Waals surface area contributed by atoms with Crippen molar-refractivity contribution in [2.24, 2.45) is 5.92 Å². The zero-order valence-corrected chi connectivity index (χ0v) is 11.1. The van der Waals surface area contributed by atoms with Gasteiger partial charge in [0.05, 0.1) is 11.3 Å². The number of thioether (sulfide) groups is 2. The lowest BCUT2D eigenvalue weighted by molar-refractivity contribution is -0.151. The van der Waals surface area contributed by atoms with Gasteiger partial charge >= 0.3 is 5.97 Å². The number of hydrogen-bond acceptors (Lipinski definition) is 7. The monoisotopic (exact) mass is 299 g/mol. The van der Waals surface area contributed by atoms with Crippen LogP contribution in [0.5, 0.6) is 0 Å². The van der Waals surface area contributed by atoms with E-state index in [1.807, 2.05) is 0 Å². The molecule has 0 aromatic carbocycles. The molecule has 3 heterocycles. The lowest BCUT2D eigenvalue weighted by Gasteiger charge is -2.48. The molecule has 0 spiro atoms. The van der Waals surface area contributed by atoms with Crippen LogP contribution >= 0.6 is 23.5 Å². The summed E-state index contributed by atoms with van der Waals surface area (Å²) >= 11 is 2.93. The normalized spacial score (nSPS) is 25.6. The Labute approximate surface area is 116 Å². The van der Waals surface area contributed by atoms with Gasteiger partial charge in [-0.2, -0.15) is 0 Å². The minimum atomic E-state index is -1.05. The second-order valence-electron chi connectivity index (χ2n) is 3.95. The van der Waals surface area contributed by atoms with Gasteiger partial charge in [-0.25, -0.2) is 9.89 Å². The summed E-state index contributed by atoms with van der Waals surface area (Å²) in [5, 5.41) is 22.7. The first-order valence-electron chi connectivity index (χ1n) is 5.43. The van der Waals surface area contributed by atoms with Crippen LogP contribution in [0.2, 0.25) is 0 Å². The van der Waals surface area contributed by atoms with Gasteiger partial charge in [0.25, 0.3) is 0 Å². The van der Waals surface area contributed by atoms with Crippen LogP contribution in [-0.4, -0.2) is 59.4 Å². The zero-order valence-electron chi connectivity index (χ0n) is 9.52. The Morgan fingerprint density at radius 1 is 1.68 bits per heavy atom. The average molecular weight is 299 g/mol. The Bertz CT molecular complexity index is 546. The molecule has 0 radical (unpaired) electrons. The Morgan fingerprint density at radius 2 is 2.53 bits per heavy atom. The highest BCUT2D eigenvalue weighted by Crippen LogP contribution is 2.43. The van der Waals surface area contributed by atoms with Gasteiger partial charge in [0.15, 0.2) is 0 Å². The molecule has 1 fully saturated rings. The molecule has 10 heteroatoms. The van der Waals surface area contributed by atoms with Gasteiger partial charge in [0, 0.05) is 11.5 Å². The smallest absolute Gasteiger partial charge is 0.352 e. The molecule has 3 rings (SSSR count). The van der Waals surface area contributed by atoms with E-state index in [1.54, 1.807) is 17.8 Å². The number of aromatic nitrogens is 4. The van der Waals surface area contributed by atoms with Gasteiger partial charge in [0.2, 0.25) is 11.1 Å². The molecule has 2 aliphatic rings. The van der Waals surface area contributed by atoms with Gasteiger partial charge in [-0.1, -0.05) is 11.8 Å². The SMILES string of the molecule is O=C(O)C1=CCS[C@H]2C(CSc3nnn[nH]3)C(=O)N12. The van der Waals surface area contributed by atoms with Gasteiger partial charge in [0.1, 0.15) is 5.70 Å². The third kappa shape index (κ3) is 2.10. The fourth-order valence-electron chi connectivity index (χ4n) is 2.02. The Morgan fingerprint density at radius 3 is 3.21 bits per heavy atom. The molecule has 8 nitrogen and oxygen atoms in total. The number of nitrogens with zero attached hydrogens (tertiary/aromatic N) is 4. The number of H-pyrrole nitrogens is 1. The van der Waals surface area contributed by atoms with E-state index in [0.717, 1.165) is 0 Å². The van der Waals surface area contributed by atoms with E-state index in [1.165, 1.54) is 16.7 Å². The molecule has 100 valence electrons. The maximum atomic E-state index is 12.0. The van der Waals surface area contributed by atoms with Gasteiger partial charge in [-0.05, 0) is 16.5 Å². The molecule has 1 saturated heterocycles. The van der Waals surface area contributed by atoms with E-state index in [0.29, 0.717) is 16.7 Å². The van der Waals surface area contributed by atoms with Crippen LogP contribution in [0, 0.1) is 5.92 Å². The predicted molar refractivity (Wildman–Crippen MR) is 67.2 cm³/mol. The molecule has 0 saturated carbocycles. The fraction of sp³-hybridized carbons (Fsp3) is 0.444. The highest BCUT2D eigenvalue weighted by molar-refractivity contribution is 8.00. The first-order chi connectivity index (χ1) is 9.18. The number of carbonyl (C=O) groups is 2. The lowest BCUT2D eigenvalue weighted by Crippen LogP contribution is -2.61. The number of carboxylic acids is 1. The Kier molecular flexibility index (Phi) is 3.19. The summed E-state index contributed by atoms with van der Waals surface area (Å²) in [5.41, 5.74) is 0.0938. The average Bonchev–Trinajstić information content (AvgIpc) is 2.90. The number of rotatable bonds is 4. The number of hydrogen-bond donors (Lipinski definition) is 2. The largest absolute Gasteiger partial charge is 0.477 e. The van der Waals surface area contributed by atoms with E-state index < -0.39 is 5.97 Å². The predicted octanol–water partition coefficient (Wildman–Crippen LogP) is -0.208. The Balaban J connectivity index is 1.66. The summed E-state index contributed by atoms with van der Waals surface area (Å²) in [6.07, 6.45) is 1.57. The van der Waals surface area contributed by atoms with Crippen LogP contribution in [0.4, 0.5) is 0 Å². The number of nitrogens with one attached hydrogen (secondary N) is 1. The first-order valence-corrected chi connectivity index (χ1v) is 7.46. The van der Waals surface area contributed by atoms with Crippen molar-refractivity contribution in [1.82, 2.24) is 25.5 Å². The lowest BCUT2D eigenvalue weighted by atomic mass is 9.99. The molecule has 1 aromatic rings. The minimum Gasteiger partial charge on any atom is -0.477 e. The van der Waals surface area contributed by atoms with Crippen LogP contribution in [0.25, 0.3) is 0 Å². The fourth-order valence-corrected chi connectivity index (χ4v) is 4.27. The number of tetrazole rings is 1. The van der Waals surface area contributed by atoms with Gasteiger partial charge in [-0.15, -0.1) is 16.9 Å². The third-order valence-electron chi connectivity index (χ3n) is 2.90.